The molecule has 0 aliphatic carbocycles. The maximum Gasteiger partial charge on any atom is 0.489 e. The molecule has 6 nitrogen and oxygen atoms in total. The number of hydrogen-bond donors (Lipinski definition) is 3. The van der Waals surface area contributed by atoms with Gasteiger partial charge in [0.15, 0.2) is 11.5 Å². The normalized spacial score (nSPS) is 10.1. The van der Waals surface area contributed by atoms with Crippen molar-refractivity contribution in [3.8, 4) is 11.5 Å². The first-order valence-electron chi connectivity index (χ1n) is 6.65. The third-order valence-electron chi connectivity index (χ3n) is 3.18. The first-order valence-corrected chi connectivity index (χ1v) is 7.03. The molecular formula is C15H15BClNO5. The molecule has 0 aliphatic heterocycles. The zero-order chi connectivity index (χ0) is 17.0. The van der Waals surface area contributed by atoms with E-state index in [2.05, 4.69) is 5.32 Å². The van der Waals surface area contributed by atoms with Crippen molar-refractivity contribution < 1.29 is 24.3 Å². The van der Waals surface area contributed by atoms with Crippen LogP contribution in [0, 0.1) is 0 Å². The summed E-state index contributed by atoms with van der Waals surface area (Å²) in [7, 11) is 1.34. The summed E-state index contributed by atoms with van der Waals surface area (Å²) < 4.78 is 10.3. The van der Waals surface area contributed by atoms with Gasteiger partial charge in [-0.1, -0.05) is 17.7 Å². The Bertz CT molecular complexity index is 723. The summed E-state index contributed by atoms with van der Waals surface area (Å²) in [4.78, 5) is 12.2. The Kier molecular flexibility index (Phi) is 5.49. The summed E-state index contributed by atoms with van der Waals surface area (Å²) >= 11 is 5.92. The molecule has 0 heterocycles. The molecule has 0 radical (unpaired) electrons. The van der Waals surface area contributed by atoms with Gasteiger partial charge in [-0.15, -0.1) is 0 Å². The molecule has 23 heavy (non-hydrogen) atoms. The Balaban J connectivity index is 2.20. The predicted octanol–water partition coefficient (Wildman–Crippen LogP) is 1.29. The van der Waals surface area contributed by atoms with E-state index in [9.17, 15) is 4.79 Å². The highest BCUT2D eigenvalue weighted by Gasteiger charge is 2.17. The second-order valence-electron chi connectivity index (χ2n) is 4.63. The van der Waals surface area contributed by atoms with Crippen molar-refractivity contribution in [2.75, 3.05) is 19.5 Å². The SMILES string of the molecule is COc1ccc(NC(=O)c2ccc(B(O)O)c(Cl)c2)cc1OC. The molecule has 0 unspecified atom stereocenters. The minimum atomic E-state index is -1.69. The number of nitrogens with one attached hydrogen (secondary N) is 1. The number of methoxy groups -OCH3 is 2. The molecule has 0 fully saturated rings. The minimum Gasteiger partial charge on any atom is -0.493 e. The number of carbonyl (C=O) groups excluding carboxylic acids is 1. The van der Waals surface area contributed by atoms with Gasteiger partial charge in [0.05, 0.1) is 14.2 Å². The van der Waals surface area contributed by atoms with Crippen LogP contribution in [0.5, 0.6) is 11.5 Å². The van der Waals surface area contributed by atoms with Crippen LogP contribution in [-0.4, -0.2) is 37.3 Å². The van der Waals surface area contributed by atoms with Gasteiger partial charge in [-0.05, 0) is 24.3 Å². The number of rotatable bonds is 5. The third-order valence-corrected chi connectivity index (χ3v) is 3.51. The molecule has 120 valence electrons. The van der Waals surface area contributed by atoms with Crippen LogP contribution in [0.1, 0.15) is 10.4 Å². The fourth-order valence-corrected chi connectivity index (χ4v) is 2.27. The lowest BCUT2D eigenvalue weighted by molar-refractivity contribution is 0.102. The highest BCUT2D eigenvalue weighted by atomic mass is 35.5. The van der Waals surface area contributed by atoms with Crippen molar-refractivity contribution in [3.63, 3.8) is 0 Å². The van der Waals surface area contributed by atoms with Crippen LogP contribution in [0.4, 0.5) is 5.69 Å². The smallest absolute Gasteiger partial charge is 0.489 e. The summed E-state index contributed by atoms with van der Waals surface area (Å²) in [5.74, 6) is 0.648. The Morgan fingerprint density at radius 2 is 1.78 bits per heavy atom. The van der Waals surface area contributed by atoms with E-state index in [0.29, 0.717) is 17.2 Å². The van der Waals surface area contributed by atoms with Crippen molar-refractivity contribution >= 4 is 35.8 Å². The molecule has 0 bridgehead atoms. The molecule has 0 aliphatic rings. The van der Waals surface area contributed by atoms with Gasteiger partial charge in [0.2, 0.25) is 0 Å². The van der Waals surface area contributed by atoms with Crippen LogP contribution < -0.4 is 20.3 Å². The van der Waals surface area contributed by atoms with Crippen molar-refractivity contribution in [2.45, 2.75) is 0 Å². The van der Waals surface area contributed by atoms with Gasteiger partial charge in [0.25, 0.3) is 5.91 Å². The number of ether oxygens (including phenoxy) is 2. The van der Waals surface area contributed by atoms with Crippen molar-refractivity contribution in [3.05, 3.63) is 47.0 Å². The highest BCUT2D eigenvalue weighted by molar-refractivity contribution is 6.62. The fourth-order valence-electron chi connectivity index (χ4n) is 2.00. The Morgan fingerprint density at radius 1 is 1.09 bits per heavy atom. The molecule has 2 rings (SSSR count). The van der Waals surface area contributed by atoms with Crippen LogP contribution in [0.25, 0.3) is 0 Å². The van der Waals surface area contributed by atoms with Gasteiger partial charge < -0.3 is 24.8 Å². The van der Waals surface area contributed by atoms with Crippen LogP contribution in [-0.2, 0) is 0 Å². The lowest BCUT2D eigenvalue weighted by Gasteiger charge is -2.11. The minimum absolute atomic E-state index is 0.0972. The molecule has 0 atom stereocenters. The van der Waals surface area contributed by atoms with Crippen LogP contribution >= 0.6 is 11.6 Å². The van der Waals surface area contributed by atoms with E-state index < -0.39 is 13.0 Å². The molecule has 0 aromatic heterocycles. The van der Waals surface area contributed by atoms with E-state index in [0.717, 1.165) is 0 Å². The zero-order valence-electron chi connectivity index (χ0n) is 12.5. The van der Waals surface area contributed by atoms with E-state index in [1.54, 1.807) is 18.2 Å². The van der Waals surface area contributed by atoms with E-state index in [1.165, 1.54) is 32.4 Å². The summed E-state index contributed by atoms with van der Waals surface area (Å²) in [6.07, 6.45) is 0. The molecule has 2 aromatic rings. The van der Waals surface area contributed by atoms with Crippen molar-refractivity contribution in [2.24, 2.45) is 0 Å². The van der Waals surface area contributed by atoms with Crippen molar-refractivity contribution in [1.29, 1.82) is 0 Å². The Hall–Kier alpha value is -2.22. The topological polar surface area (TPSA) is 88.0 Å². The van der Waals surface area contributed by atoms with E-state index >= 15 is 0 Å². The summed E-state index contributed by atoms with van der Waals surface area (Å²) in [6, 6.07) is 9.18. The molecule has 2 aromatic carbocycles. The van der Waals surface area contributed by atoms with E-state index in [4.69, 9.17) is 31.1 Å². The average molecular weight is 336 g/mol. The van der Waals surface area contributed by atoms with Crippen LogP contribution in [0.3, 0.4) is 0 Å². The maximum atomic E-state index is 12.2. The number of carbonyl (C=O) groups is 1. The Labute approximate surface area is 138 Å². The molecule has 0 saturated heterocycles. The molecule has 3 N–H and O–H groups in total. The average Bonchev–Trinajstić information content (AvgIpc) is 2.54. The second kappa shape index (κ2) is 7.37. The monoisotopic (exact) mass is 335 g/mol. The van der Waals surface area contributed by atoms with Crippen LogP contribution in [0.2, 0.25) is 5.02 Å². The summed E-state index contributed by atoms with van der Waals surface area (Å²) in [5, 5.41) is 21.0. The summed E-state index contributed by atoms with van der Waals surface area (Å²) in [6.45, 7) is 0. The number of halogens is 1. The maximum absolute atomic E-state index is 12.2. The molecule has 8 heteroatoms. The number of anilines is 1. The standard InChI is InChI=1S/C15H15BClNO5/c1-22-13-6-4-10(8-14(13)23-2)18-15(19)9-3-5-11(16(20)21)12(17)7-9/h3-8,20-21H,1-2H3,(H,18,19). The second-order valence-corrected chi connectivity index (χ2v) is 5.04. The zero-order valence-corrected chi connectivity index (χ0v) is 13.3. The molecule has 1 amide bonds. The lowest BCUT2D eigenvalue weighted by Crippen LogP contribution is -2.31. The van der Waals surface area contributed by atoms with Gasteiger partial charge in [-0.3, -0.25) is 4.79 Å². The molecular weight excluding hydrogens is 320 g/mol. The molecule has 0 saturated carbocycles. The van der Waals surface area contributed by atoms with Gasteiger partial charge in [0, 0.05) is 27.8 Å². The first kappa shape index (κ1) is 17.1. The molecule has 0 spiro atoms. The largest absolute Gasteiger partial charge is 0.493 e. The van der Waals surface area contributed by atoms with Gasteiger partial charge in [0.1, 0.15) is 0 Å². The van der Waals surface area contributed by atoms with E-state index in [1.807, 2.05) is 0 Å². The fraction of sp³-hybridized carbons (Fsp3) is 0.133. The quantitative estimate of drug-likeness (QED) is 0.717. The van der Waals surface area contributed by atoms with Gasteiger partial charge >= 0.3 is 7.12 Å². The van der Waals surface area contributed by atoms with Crippen LogP contribution in [0.15, 0.2) is 36.4 Å². The Morgan fingerprint density at radius 3 is 2.35 bits per heavy atom. The number of hydrogen-bond acceptors (Lipinski definition) is 5. The van der Waals surface area contributed by atoms with Crippen molar-refractivity contribution in [1.82, 2.24) is 0 Å². The first-order chi connectivity index (χ1) is 11.0. The summed E-state index contributed by atoms with van der Waals surface area (Å²) in [5.41, 5.74) is 0.943. The third kappa shape index (κ3) is 3.95. The predicted molar refractivity (Wildman–Crippen MR) is 88.8 cm³/mol. The van der Waals surface area contributed by atoms with E-state index in [-0.39, 0.29) is 16.0 Å². The van der Waals surface area contributed by atoms with Gasteiger partial charge in [-0.2, -0.15) is 0 Å². The lowest BCUT2D eigenvalue weighted by atomic mass is 9.80. The van der Waals surface area contributed by atoms with Gasteiger partial charge in [-0.25, -0.2) is 0 Å². The highest BCUT2D eigenvalue weighted by Crippen LogP contribution is 2.29. The number of amides is 1. The number of benzene rings is 2.